The standard InChI is InChI=1S/C44H81N3O13/c1-19-32-43(11)37(59-44(12,60-43)46(15)16)28(6)47(17)23-24(2)21-41(9,51)36(58-40-34(49)31(45(13)14)20-25(3)53-40)26(4)35(27(5)39(50)56-32)57-33-22-42(10,52-18)38(29(7)54-33)55-30(8)48/h24-29,31-38,40,49,51H,19-23H2,1-18H3/t24-,25-,26+,27-,28-,29+,31+,32-,33+,34-,35+,36-,37-,38+,40+,41-,42-,43-,44?/m1/s1. The lowest BCUT2D eigenvalue weighted by molar-refractivity contribution is -0.318. The van der Waals surface area contributed by atoms with Crippen molar-refractivity contribution in [3.63, 3.8) is 0 Å². The van der Waals surface area contributed by atoms with E-state index in [0.29, 0.717) is 19.4 Å². The Morgan fingerprint density at radius 1 is 0.967 bits per heavy atom. The van der Waals surface area contributed by atoms with Crippen LogP contribution in [0.4, 0.5) is 0 Å². The molecule has 2 N–H and O–H groups in total. The summed E-state index contributed by atoms with van der Waals surface area (Å²) in [6.07, 6.45) is -6.51. The average molecular weight is 860 g/mol. The van der Waals surface area contributed by atoms with Crippen molar-refractivity contribution in [3.05, 3.63) is 0 Å². The Morgan fingerprint density at radius 2 is 1.60 bits per heavy atom. The lowest BCUT2D eigenvalue weighted by atomic mass is 9.77. The van der Waals surface area contributed by atoms with Crippen molar-refractivity contribution in [1.29, 1.82) is 0 Å². The van der Waals surface area contributed by atoms with Crippen molar-refractivity contribution in [2.24, 2.45) is 17.8 Å². The van der Waals surface area contributed by atoms with Gasteiger partial charge in [0.1, 0.15) is 29.5 Å². The number of aliphatic hydroxyl groups excluding tert-OH is 1. The van der Waals surface area contributed by atoms with Crippen LogP contribution in [0.3, 0.4) is 0 Å². The van der Waals surface area contributed by atoms with Crippen LogP contribution in [0.25, 0.3) is 0 Å². The molecule has 0 aliphatic carbocycles. The second-order valence-electron chi connectivity index (χ2n) is 19.7. The molecule has 16 nitrogen and oxygen atoms in total. The van der Waals surface area contributed by atoms with Gasteiger partial charge >= 0.3 is 11.9 Å². The van der Waals surface area contributed by atoms with Crippen LogP contribution in [0.5, 0.6) is 0 Å². The van der Waals surface area contributed by atoms with Gasteiger partial charge in [-0.05, 0) is 109 Å². The maximum absolute atomic E-state index is 14.8. The van der Waals surface area contributed by atoms with Crippen molar-refractivity contribution in [1.82, 2.24) is 14.7 Å². The fourth-order valence-electron chi connectivity index (χ4n) is 10.3. The molecule has 0 saturated carbocycles. The zero-order valence-corrected chi connectivity index (χ0v) is 39.9. The Bertz CT molecular complexity index is 1440. The molecule has 0 radical (unpaired) electrons. The molecule has 0 aromatic rings. The van der Waals surface area contributed by atoms with Crippen LogP contribution in [0.1, 0.15) is 109 Å². The van der Waals surface area contributed by atoms with E-state index in [-0.39, 0.29) is 36.9 Å². The third-order valence-electron chi connectivity index (χ3n) is 14.0. The number of cyclic esters (lactones) is 1. The van der Waals surface area contributed by atoms with E-state index in [2.05, 4.69) is 18.7 Å². The average Bonchev–Trinajstić information content (AvgIpc) is 3.44. The van der Waals surface area contributed by atoms with E-state index in [4.69, 9.17) is 42.6 Å². The summed E-state index contributed by atoms with van der Waals surface area (Å²) in [5.74, 6) is -3.87. The van der Waals surface area contributed by atoms with Gasteiger partial charge in [-0.1, -0.05) is 20.8 Å². The number of rotatable bonds is 9. The molecular weight excluding hydrogens is 778 g/mol. The first-order chi connectivity index (χ1) is 27.6. The molecule has 4 aliphatic rings. The summed E-state index contributed by atoms with van der Waals surface area (Å²) < 4.78 is 58.4. The van der Waals surface area contributed by atoms with Gasteiger partial charge in [-0.15, -0.1) is 0 Å². The zero-order chi connectivity index (χ0) is 45.4. The van der Waals surface area contributed by atoms with E-state index in [1.54, 1.807) is 27.9 Å². The lowest BCUT2D eigenvalue weighted by Gasteiger charge is -2.49. The van der Waals surface area contributed by atoms with Gasteiger partial charge in [0.2, 0.25) is 5.91 Å². The van der Waals surface area contributed by atoms with E-state index >= 15 is 0 Å². The number of carbonyl (C=O) groups excluding carboxylic acids is 2. The summed E-state index contributed by atoms with van der Waals surface area (Å²) in [7, 11) is 11.2. The Morgan fingerprint density at radius 3 is 2.15 bits per heavy atom. The molecule has 0 bridgehead atoms. The highest BCUT2D eigenvalue weighted by Gasteiger charge is 2.61. The molecule has 0 amide bonds. The molecule has 19 atom stereocenters. The highest BCUT2D eigenvalue weighted by molar-refractivity contribution is 5.73. The Labute approximate surface area is 360 Å². The molecule has 0 aromatic carbocycles. The number of aliphatic hydroxyl groups is 2. The molecular formula is C44H81N3O13. The van der Waals surface area contributed by atoms with E-state index in [1.165, 1.54) is 6.92 Å². The first-order valence-electron chi connectivity index (χ1n) is 22.0. The van der Waals surface area contributed by atoms with Gasteiger partial charge < -0.3 is 62.6 Å². The summed E-state index contributed by atoms with van der Waals surface area (Å²) in [4.78, 5) is 33.0. The van der Waals surface area contributed by atoms with E-state index < -0.39 is 102 Å². The normalized spacial score (nSPS) is 48.0. The van der Waals surface area contributed by atoms with Crippen LogP contribution >= 0.6 is 0 Å². The highest BCUT2D eigenvalue weighted by atomic mass is 16.8. The largest absolute Gasteiger partial charge is 0.459 e. The predicted octanol–water partition coefficient (Wildman–Crippen LogP) is 3.77. The predicted molar refractivity (Wildman–Crippen MR) is 224 cm³/mol. The molecule has 60 heavy (non-hydrogen) atoms. The molecule has 16 heteroatoms. The number of esters is 2. The van der Waals surface area contributed by atoms with Crippen LogP contribution in [0.2, 0.25) is 0 Å². The van der Waals surface area contributed by atoms with Crippen LogP contribution in [0, 0.1) is 17.8 Å². The Balaban J connectivity index is 1.86. The van der Waals surface area contributed by atoms with Gasteiger partial charge in [0.05, 0.1) is 35.9 Å². The van der Waals surface area contributed by atoms with Gasteiger partial charge in [0, 0.05) is 51.9 Å². The van der Waals surface area contributed by atoms with E-state index in [1.807, 2.05) is 86.6 Å². The number of fused-ring (bicyclic) bond motifs is 1. The second-order valence-corrected chi connectivity index (χ2v) is 19.7. The number of ether oxygens (including phenoxy) is 9. The fraction of sp³-hybridized carbons (Fsp3) is 0.955. The number of carbonyl (C=O) groups is 2. The summed E-state index contributed by atoms with van der Waals surface area (Å²) in [5.41, 5.74) is -3.61. The maximum Gasteiger partial charge on any atom is 0.311 e. The van der Waals surface area contributed by atoms with Crippen molar-refractivity contribution >= 4 is 11.9 Å². The summed E-state index contributed by atoms with van der Waals surface area (Å²) in [6.45, 7) is 22.8. The summed E-state index contributed by atoms with van der Waals surface area (Å²) >= 11 is 0. The molecule has 0 aromatic heterocycles. The Hall–Kier alpha value is -1.54. The molecule has 4 rings (SSSR count). The minimum Gasteiger partial charge on any atom is -0.459 e. The number of nitrogens with zero attached hydrogens (tertiary/aromatic N) is 3. The summed E-state index contributed by atoms with van der Waals surface area (Å²) in [6, 6.07) is -0.469. The minimum atomic E-state index is -1.54. The van der Waals surface area contributed by atoms with Crippen LogP contribution in [-0.4, -0.2) is 182 Å². The number of hydrogen-bond donors (Lipinski definition) is 2. The number of hydrogen-bond acceptors (Lipinski definition) is 16. The molecule has 4 aliphatic heterocycles. The fourth-order valence-corrected chi connectivity index (χ4v) is 10.3. The molecule has 4 heterocycles. The SMILES string of the molecule is CC[C@H]1OC(=O)[C@H](C)[C@@H](O[C@H]2C[C@@](C)(OC)[C@@H](OC(C)=O)[C@H](C)O2)[C@H](C)[C@@H](O[C@@H]2O[C@H](C)C[C@H](N(C)C)[C@H]2O)[C@](C)(O)C[C@@H](C)CN(C)[C@H](C)[C@H]2OC(C)(N(C)C)O[C@@]21C. The molecule has 4 fully saturated rings. The summed E-state index contributed by atoms with van der Waals surface area (Å²) in [5, 5.41) is 24.5. The van der Waals surface area contributed by atoms with Gasteiger partial charge in [-0.3, -0.25) is 14.5 Å². The highest BCUT2D eigenvalue weighted by Crippen LogP contribution is 2.46. The van der Waals surface area contributed by atoms with Crippen molar-refractivity contribution in [2.45, 2.75) is 205 Å². The van der Waals surface area contributed by atoms with Gasteiger partial charge in [-0.25, -0.2) is 0 Å². The van der Waals surface area contributed by atoms with E-state index in [0.717, 1.165) is 0 Å². The van der Waals surface area contributed by atoms with E-state index in [9.17, 15) is 19.8 Å². The maximum atomic E-state index is 14.8. The van der Waals surface area contributed by atoms with Crippen LogP contribution in [-0.2, 0) is 52.2 Å². The Kier molecular flexibility index (Phi) is 16.8. The zero-order valence-electron chi connectivity index (χ0n) is 39.9. The van der Waals surface area contributed by atoms with Crippen LogP contribution < -0.4 is 0 Å². The second kappa shape index (κ2) is 19.7. The van der Waals surface area contributed by atoms with Crippen LogP contribution in [0.15, 0.2) is 0 Å². The molecule has 4 saturated heterocycles. The quantitative estimate of drug-likeness (QED) is 0.322. The third kappa shape index (κ3) is 10.9. The van der Waals surface area contributed by atoms with Crippen molar-refractivity contribution in [2.75, 3.05) is 48.9 Å². The van der Waals surface area contributed by atoms with Crippen molar-refractivity contribution in [3.8, 4) is 0 Å². The molecule has 350 valence electrons. The first kappa shape index (κ1) is 51.1. The monoisotopic (exact) mass is 860 g/mol. The number of likely N-dealkylation sites (N-methyl/N-ethyl adjacent to an activating group) is 2. The third-order valence-corrected chi connectivity index (χ3v) is 14.0. The van der Waals surface area contributed by atoms with Gasteiger partial charge in [-0.2, -0.15) is 0 Å². The molecule has 1 unspecified atom stereocenters. The number of methoxy groups -OCH3 is 1. The van der Waals surface area contributed by atoms with Gasteiger partial charge in [0.25, 0.3) is 0 Å². The topological polar surface area (TPSA) is 167 Å². The smallest absolute Gasteiger partial charge is 0.311 e. The minimum absolute atomic E-state index is 0.0740. The first-order valence-corrected chi connectivity index (χ1v) is 22.0. The van der Waals surface area contributed by atoms with Gasteiger partial charge in [0.15, 0.2) is 18.7 Å². The molecule has 0 spiro atoms. The van der Waals surface area contributed by atoms with Crippen molar-refractivity contribution < 1.29 is 62.4 Å². The lowest BCUT2D eigenvalue weighted by Crippen LogP contribution is -2.61.